The molecule has 1 aromatic rings. The van der Waals surface area contributed by atoms with Crippen LogP contribution in [0.1, 0.15) is 39.2 Å². The lowest BCUT2D eigenvalue weighted by Gasteiger charge is -2.25. The first-order valence-electron chi connectivity index (χ1n) is 7.89. The molecule has 116 valence electrons. The van der Waals surface area contributed by atoms with E-state index in [0.717, 1.165) is 43.7 Å². The van der Waals surface area contributed by atoms with Crippen molar-refractivity contribution < 1.29 is 4.79 Å². The third-order valence-electron chi connectivity index (χ3n) is 4.47. The third kappa shape index (κ3) is 3.83. The van der Waals surface area contributed by atoms with Crippen LogP contribution in [-0.2, 0) is 11.3 Å². The van der Waals surface area contributed by atoms with Crippen LogP contribution in [0.5, 0.6) is 0 Å². The van der Waals surface area contributed by atoms with Crippen molar-refractivity contribution in [2.75, 3.05) is 18.4 Å². The maximum Gasteiger partial charge on any atom is 0.244 e. The van der Waals surface area contributed by atoms with Gasteiger partial charge in [-0.05, 0) is 50.4 Å². The van der Waals surface area contributed by atoms with E-state index in [-0.39, 0.29) is 5.91 Å². The molecule has 21 heavy (non-hydrogen) atoms. The largest absolute Gasteiger partial charge is 0.324 e. The summed E-state index contributed by atoms with van der Waals surface area (Å²) in [5.74, 6) is 0.254. The molecule has 4 heteroatoms. The predicted molar refractivity (Wildman–Crippen MR) is 87.0 cm³/mol. The second-order valence-electron chi connectivity index (χ2n) is 6.13. The Bertz CT molecular complexity index is 491. The smallest absolute Gasteiger partial charge is 0.244 e. The lowest BCUT2D eigenvalue weighted by molar-refractivity contribution is -0.121. The molecule has 0 radical (unpaired) electrons. The van der Waals surface area contributed by atoms with Gasteiger partial charge in [0.15, 0.2) is 0 Å². The van der Waals surface area contributed by atoms with Crippen molar-refractivity contribution >= 4 is 11.6 Å². The summed E-state index contributed by atoms with van der Waals surface area (Å²) >= 11 is 0. The summed E-state index contributed by atoms with van der Waals surface area (Å²) < 4.78 is 0. The summed E-state index contributed by atoms with van der Waals surface area (Å²) in [6.45, 7) is 8.97. The Labute approximate surface area is 127 Å². The molecule has 1 aliphatic rings. The van der Waals surface area contributed by atoms with Crippen LogP contribution in [0.2, 0.25) is 0 Å². The number of hydrogen-bond donors (Lipinski definition) is 2. The number of amides is 1. The fourth-order valence-corrected chi connectivity index (χ4v) is 2.59. The van der Waals surface area contributed by atoms with Gasteiger partial charge in [-0.1, -0.05) is 32.0 Å². The Morgan fingerprint density at radius 2 is 1.95 bits per heavy atom. The number of carbonyl (C=O) groups excluding carboxylic acids is 1. The van der Waals surface area contributed by atoms with Crippen molar-refractivity contribution in [3.05, 3.63) is 29.8 Å². The monoisotopic (exact) mass is 289 g/mol. The van der Waals surface area contributed by atoms with Gasteiger partial charge in [-0.25, -0.2) is 0 Å². The molecule has 0 heterocycles. The Kier molecular flexibility index (Phi) is 5.01. The number of nitrogens with two attached hydrogens (primary N) is 1. The molecule has 1 amide bonds. The van der Waals surface area contributed by atoms with E-state index in [0.29, 0.717) is 5.92 Å². The zero-order chi connectivity index (χ0) is 15.5. The van der Waals surface area contributed by atoms with E-state index in [4.69, 9.17) is 5.73 Å². The van der Waals surface area contributed by atoms with Gasteiger partial charge in [0.1, 0.15) is 0 Å². The van der Waals surface area contributed by atoms with Crippen molar-refractivity contribution in [1.29, 1.82) is 0 Å². The molecular weight excluding hydrogens is 262 g/mol. The molecule has 1 unspecified atom stereocenters. The first-order valence-corrected chi connectivity index (χ1v) is 7.89. The lowest BCUT2D eigenvalue weighted by Crippen LogP contribution is -2.50. The Hall–Kier alpha value is -1.39. The number of rotatable bonds is 7. The predicted octanol–water partition coefficient (Wildman–Crippen LogP) is 2.59. The highest BCUT2D eigenvalue weighted by Gasteiger charge is 2.44. The van der Waals surface area contributed by atoms with Gasteiger partial charge in [0.2, 0.25) is 5.91 Å². The first-order chi connectivity index (χ1) is 9.98. The SMILES string of the molecule is CCN(CC)Cc1ccccc1NC(=O)C(C)(N)C1CC1. The van der Waals surface area contributed by atoms with E-state index < -0.39 is 5.54 Å². The van der Waals surface area contributed by atoms with Crippen molar-refractivity contribution in [3.63, 3.8) is 0 Å². The first kappa shape index (κ1) is 16.0. The quantitative estimate of drug-likeness (QED) is 0.811. The summed E-state index contributed by atoms with van der Waals surface area (Å²) in [6, 6.07) is 7.99. The molecule has 0 bridgehead atoms. The van der Waals surface area contributed by atoms with Gasteiger partial charge in [-0.3, -0.25) is 9.69 Å². The van der Waals surface area contributed by atoms with Crippen molar-refractivity contribution in [2.24, 2.45) is 11.7 Å². The minimum Gasteiger partial charge on any atom is -0.324 e. The van der Waals surface area contributed by atoms with Crippen LogP contribution in [0.4, 0.5) is 5.69 Å². The van der Waals surface area contributed by atoms with Gasteiger partial charge < -0.3 is 11.1 Å². The minimum absolute atomic E-state index is 0.0722. The highest BCUT2D eigenvalue weighted by Crippen LogP contribution is 2.38. The normalized spacial score (nSPS) is 17.6. The average molecular weight is 289 g/mol. The minimum atomic E-state index is -0.762. The number of benzene rings is 1. The highest BCUT2D eigenvalue weighted by molar-refractivity contribution is 5.98. The topological polar surface area (TPSA) is 58.4 Å². The van der Waals surface area contributed by atoms with Gasteiger partial charge in [0.05, 0.1) is 5.54 Å². The number of carbonyl (C=O) groups is 1. The van der Waals surface area contributed by atoms with Crippen molar-refractivity contribution in [1.82, 2.24) is 4.90 Å². The van der Waals surface area contributed by atoms with Gasteiger partial charge >= 0.3 is 0 Å². The third-order valence-corrected chi connectivity index (χ3v) is 4.47. The molecule has 1 atom stereocenters. The molecule has 1 aliphatic carbocycles. The number of anilines is 1. The molecule has 1 fully saturated rings. The molecule has 0 aliphatic heterocycles. The zero-order valence-electron chi connectivity index (χ0n) is 13.4. The van der Waals surface area contributed by atoms with Gasteiger partial charge in [-0.15, -0.1) is 0 Å². The maximum atomic E-state index is 12.4. The van der Waals surface area contributed by atoms with Gasteiger partial charge in [0.25, 0.3) is 0 Å². The van der Waals surface area contributed by atoms with Gasteiger partial charge in [0, 0.05) is 12.2 Å². The number of para-hydroxylation sites is 1. The van der Waals surface area contributed by atoms with Crippen LogP contribution >= 0.6 is 0 Å². The van der Waals surface area contributed by atoms with Crippen molar-refractivity contribution in [3.8, 4) is 0 Å². The average Bonchev–Trinajstić information content (AvgIpc) is 3.31. The number of nitrogens with zero attached hydrogens (tertiary/aromatic N) is 1. The van der Waals surface area contributed by atoms with E-state index in [2.05, 4.69) is 30.1 Å². The number of hydrogen-bond acceptors (Lipinski definition) is 3. The molecule has 4 nitrogen and oxygen atoms in total. The van der Waals surface area contributed by atoms with E-state index in [9.17, 15) is 4.79 Å². The van der Waals surface area contributed by atoms with Crippen LogP contribution in [0.3, 0.4) is 0 Å². The van der Waals surface area contributed by atoms with E-state index in [1.165, 1.54) is 0 Å². The summed E-state index contributed by atoms with van der Waals surface area (Å²) in [4.78, 5) is 14.8. The number of nitrogens with one attached hydrogen (secondary N) is 1. The molecular formula is C17H27N3O. The summed E-state index contributed by atoms with van der Waals surface area (Å²) in [6.07, 6.45) is 2.11. The van der Waals surface area contributed by atoms with Crippen LogP contribution in [0.25, 0.3) is 0 Å². The molecule has 1 aromatic carbocycles. The molecule has 0 spiro atoms. The van der Waals surface area contributed by atoms with E-state index in [1.54, 1.807) is 0 Å². The van der Waals surface area contributed by atoms with E-state index in [1.807, 2.05) is 25.1 Å². The second kappa shape index (κ2) is 6.58. The summed E-state index contributed by atoms with van der Waals surface area (Å²) in [7, 11) is 0. The summed E-state index contributed by atoms with van der Waals surface area (Å²) in [5.41, 5.74) is 7.45. The van der Waals surface area contributed by atoms with Crippen LogP contribution < -0.4 is 11.1 Å². The molecule has 0 aromatic heterocycles. The Balaban J connectivity index is 2.10. The van der Waals surface area contributed by atoms with Crippen molar-refractivity contribution in [2.45, 2.75) is 45.7 Å². The zero-order valence-corrected chi connectivity index (χ0v) is 13.4. The fraction of sp³-hybridized carbons (Fsp3) is 0.588. The fourth-order valence-electron chi connectivity index (χ4n) is 2.59. The standard InChI is InChI=1S/C17H27N3O/c1-4-20(5-2)12-13-8-6-7-9-15(13)19-16(21)17(3,18)14-10-11-14/h6-9,14H,4-5,10-12,18H2,1-3H3,(H,19,21). The molecule has 1 saturated carbocycles. The highest BCUT2D eigenvalue weighted by atomic mass is 16.2. The molecule has 3 N–H and O–H groups in total. The summed E-state index contributed by atoms with van der Waals surface area (Å²) in [5, 5.41) is 3.04. The maximum absolute atomic E-state index is 12.4. The lowest BCUT2D eigenvalue weighted by atomic mass is 9.96. The Morgan fingerprint density at radius 3 is 2.52 bits per heavy atom. The van der Waals surface area contributed by atoms with Crippen LogP contribution in [0, 0.1) is 5.92 Å². The van der Waals surface area contributed by atoms with Crippen LogP contribution in [-0.4, -0.2) is 29.4 Å². The molecule has 2 rings (SSSR count). The Morgan fingerprint density at radius 1 is 1.33 bits per heavy atom. The van der Waals surface area contributed by atoms with Gasteiger partial charge in [-0.2, -0.15) is 0 Å². The molecule has 0 saturated heterocycles. The van der Waals surface area contributed by atoms with Crippen LogP contribution in [0.15, 0.2) is 24.3 Å². The second-order valence-corrected chi connectivity index (χ2v) is 6.13. The van der Waals surface area contributed by atoms with E-state index >= 15 is 0 Å².